The van der Waals surface area contributed by atoms with Crippen LogP contribution in [-0.4, -0.2) is 0 Å². The summed E-state index contributed by atoms with van der Waals surface area (Å²) < 4.78 is 6.26. The predicted molar refractivity (Wildman–Crippen MR) is 319 cm³/mol. The first-order valence-corrected chi connectivity index (χ1v) is 26.8. The van der Waals surface area contributed by atoms with Gasteiger partial charge in [-0.25, -0.2) is 0 Å². The van der Waals surface area contributed by atoms with Crippen molar-refractivity contribution in [3.8, 4) is 66.8 Å². The lowest BCUT2D eigenvalue weighted by molar-refractivity contribution is 0.650. The second-order valence-electron chi connectivity index (χ2n) is 23.1. The molecule has 0 N–H and O–H groups in total. The molecule has 11 aromatic rings. The normalized spacial score (nSPS) is 14.4. The van der Waals surface area contributed by atoms with Crippen LogP contribution in [0.25, 0.3) is 88.7 Å². The van der Waals surface area contributed by atoms with E-state index in [4.69, 9.17) is 4.42 Å². The second kappa shape index (κ2) is 17.8. The van der Waals surface area contributed by atoms with Crippen LogP contribution >= 0.6 is 0 Å². The fourth-order valence-electron chi connectivity index (χ4n) is 13.1. The summed E-state index contributed by atoms with van der Waals surface area (Å²) in [4.78, 5) is 0. The fourth-order valence-corrected chi connectivity index (χ4v) is 13.1. The van der Waals surface area contributed by atoms with Crippen molar-refractivity contribution in [2.24, 2.45) is 0 Å². The monoisotopic (exact) mass is 971 g/mol. The van der Waals surface area contributed by atoms with Crippen molar-refractivity contribution < 1.29 is 4.42 Å². The lowest BCUT2D eigenvalue weighted by Crippen LogP contribution is -2.17. The minimum Gasteiger partial charge on any atom is -0.456 e. The number of para-hydroxylation sites is 1. The zero-order valence-electron chi connectivity index (χ0n) is 45.5. The largest absolute Gasteiger partial charge is 0.456 e. The summed E-state index contributed by atoms with van der Waals surface area (Å²) >= 11 is 0. The summed E-state index contributed by atoms with van der Waals surface area (Å²) in [5.41, 5.74) is 33.2. The summed E-state index contributed by atoms with van der Waals surface area (Å²) in [6.07, 6.45) is 0. The van der Waals surface area contributed by atoms with Crippen molar-refractivity contribution in [3.63, 3.8) is 0 Å². The predicted octanol–water partition coefficient (Wildman–Crippen LogP) is 20.4. The van der Waals surface area contributed by atoms with Crippen molar-refractivity contribution >= 4 is 21.9 Å². The molecule has 3 aliphatic carbocycles. The van der Waals surface area contributed by atoms with Crippen molar-refractivity contribution in [2.45, 2.75) is 92.4 Å². The number of hydrogen-bond acceptors (Lipinski definition) is 1. The SMILES string of the molecule is Cc1ccc2c(c1)C(C)(C)c1cc(-c3ccccc3-c3ccccc3)c(C)c(-c3ccccc3C)c1-2.Cc1ccc2c(c1)C(C)(C)c1cc3c(cc1-2)C(C)(C)c1ccc2oc4ccccc4c2c1-3.Cc1ccccc1. The van der Waals surface area contributed by atoms with E-state index in [-0.39, 0.29) is 16.2 Å². The quantitative estimate of drug-likeness (QED) is 0.172. The van der Waals surface area contributed by atoms with E-state index in [1.54, 1.807) is 0 Å². The number of aryl methyl sites for hydroxylation is 4. The van der Waals surface area contributed by atoms with Gasteiger partial charge in [0.05, 0.1) is 0 Å². The zero-order valence-corrected chi connectivity index (χ0v) is 45.5. The molecule has 0 radical (unpaired) electrons. The number of rotatable bonds is 3. The highest BCUT2D eigenvalue weighted by molar-refractivity contribution is 6.15. The Morgan fingerprint density at radius 2 is 0.813 bits per heavy atom. The average molecular weight is 971 g/mol. The van der Waals surface area contributed by atoms with Gasteiger partial charge in [-0.15, -0.1) is 0 Å². The van der Waals surface area contributed by atoms with Gasteiger partial charge in [-0.05, 0) is 176 Å². The van der Waals surface area contributed by atoms with Crippen LogP contribution in [0.1, 0.15) is 103 Å². The van der Waals surface area contributed by atoms with Gasteiger partial charge in [0.15, 0.2) is 0 Å². The maximum absolute atomic E-state index is 6.26. The number of hydrogen-bond donors (Lipinski definition) is 0. The van der Waals surface area contributed by atoms with E-state index < -0.39 is 0 Å². The third-order valence-electron chi connectivity index (χ3n) is 17.2. The Kier molecular flexibility index (Phi) is 11.4. The molecule has 0 spiro atoms. The van der Waals surface area contributed by atoms with Gasteiger partial charge >= 0.3 is 0 Å². The Bertz CT molecular complexity index is 4060. The van der Waals surface area contributed by atoms with Crippen LogP contribution in [-0.2, 0) is 16.2 Å². The molecule has 0 saturated heterocycles. The minimum atomic E-state index is -0.0712. The molecule has 0 bridgehead atoms. The molecule has 3 aliphatic rings. The van der Waals surface area contributed by atoms with Gasteiger partial charge in [-0.2, -0.15) is 0 Å². The standard InChI is InChI=1S/C36H32.C31H26O.C7H8/c1-23-19-20-30-32(21-23)36(4,5)33-22-31(25(3)34(35(30)33)27-16-10-9-13-24(27)2)29-18-12-11-17-28(29)26-14-7-6-8-15-26;1-17-10-11-18-20-15-25-21(16-24(20)31(4,5)23(18)14-17)28-22(30(25,2)3)12-13-27-29(28)19-8-6-7-9-26(19)32-27;1-7-5-3-2-4-6-7/h6-22H,1-5H3;6-16H,1-5H3;2-6H,1H3. The molecule has 0 atom stereocenters. The molecule has 1 nitrogen and oxygen atoms in total. The highest BCUT2D eigenvalue weighted by Crippen LogP contribution is 2.59. The highest BCUT2D eigenvalue weighted by atomic mass is 16.3. The van der Waals surface area contributed by atoms with Gasteiger partial charge in [-0.3, -0.25) is 0 Å². The summed E-state index contributed by atoms with van der Waals surface area (Å²) in [5, 5.41) is 2.47. The molecule has 0 saturated carbocycles. The van der Waals surface area contributed by atoms with Crippen molar-refractivity contribution in [2.75, 3.05) is 0 Å². The molecule has 1 heterocycles. The fraction of sp³-hybridized carbons (Fsp3) is 0.189. The Labute approximate surface area is 444 Å². The Morgan fingerprint density at radius 1 is 0.293 bits per heavy atom. The lowest BCUT2D eigenvalue weighted by atomic mass is 9.78. The van der Waals surface area contributed by atoms with E-state index >= 15 is 0 Å². The highest BCUT2D eigenvalue weighted by Gasteiger charge is 2.43. The number of fused-ring (bicyclic) bond motifs is 13. The Morgan fingerprint density at radius 3 is 1.49 bits per heavy atom. The molecule has 0 fully saturated rings. The molecule has 0 unspecified atom stereocenters. The van der Waals surface area contributed by atoms with Crippen LogP contribution in [0.2, 0.25) is 0 Å². The molecule has 1 aromatic heterocycles. The van der Waals surface area contributed by atoms with E-state index in [0.717, 1.165) is 11.2 Å². The first kappa shape index (κ1) is 48.0. The number of benzene rings is 10. The van der Waals surface area contributed by atoms with E-state index in [1.165, 1.54) is 139 Å². The molecule has 14 rings (SSSR count). The molecular formula is C74H66O. The molecular weight excluding hydrogens is 905 g/mol. The van der Waals surface area contributed by atoms with Gasteiger partial charge in [0.25, 0.3) is 0 Å². The maximum Gasteiger partial charge on any atom is 0.136 e. The lowest BCUT2D eigenvalue weighted by Gasteiger charge is -2.25. The maximum atomic E-state index is 6.26. The smallest absolute Gasteiger partial charge is 0.136 e. The van der Waals surface area contributed by atoms with Gasteiger partial charge in [-0.1, -0.05) is 228 Å². The summed E-state index contributed by atoms with van der Waals surface area (Å²) in [6.45, 7) is 25.3. The molecule has 0 amide bonds. The van der Waals surface area contributed by atoms with Crippen molar-refractivity contribution in [1.82, 2.24) is 0 Å². The zero-order chi connectivity index (χ0) is 52.1. The van der Waals surface area contributed by atoms with Crippen LogP contribution in [0.4, 0.5) is 0 Å². The molecule has 0 aliphatic heterocycles. The third-order valence-corrected chi connectivity index (χ3v) is 17.2. The van der Waals surface area contributed by atoms with E-state index in [2.05, 4.69) is 258 Å². The minimum absolute atomic E-state index is 0.00896. The molecule has 75 heavy (non-hydrogen) atoms. The summed E-state index contributed by atoms with van der Waals surface area (Å²) in [5.74, 6) is 0. The van der Waals surface area contributed by atoms with Crippen LogP contribution in [0.15, 0.2) is 205 Å². The van der Waals surface area contributed by atoms with Crippen LogP contribution < -0.4 is 0 Å². The first-order valence-electron chi connectivity index (χ1n) is 26.8. The van der Waals surface area contributed by atoms with Crippen LogP contribution in [0.5, 0.6) is 0 Å². The third kappa shape index (κ3) is 7.65. The number of furan rings is 1. The molecule has 1 heteroatoms. The van der Waals surface area contributed by atoms with E-state index in [0.29, 0.717) is 0 Å². The topological polar surface area (TPSA) is 13.1 Å². The van der Waals surface area contributed by atoms with Gasteiger partial charge < -0.3 is 4.42 Å². The van der Waals surface area contributed by atoms with Crippen molar-refractivity contribution in [3.05, 3.63) is 261 Å². The van der Waals surface area contributed by atoms with Gasteiger partial charge in [0.1, 0.15) is 11.2 Å². The van der Waals surface area contributed by atoms with E-state index in [1.807, 2.05) is 18.2 Å². The summed E-state index contributed by atoms with van der Waals surface area (Å²) in [6, 6.07) is 73.1. The second-order valence-corrected chi connectivity index (χ2v) is 23.1. The summed E-state index contributed by atoms with van der Waals surface area (Å²) in [7, 11) is 0. The molecule has 368 valence electrons. The Balaban J connectivity index is 0.000000135. The van der Waals surface area contributed by atoms with E-state index in [9.17, 15) is 0 Å². The van der Waals surface area contributed by atoms with Gasteiger partial charge in [0, 0.05) is 27.0 Å². The van der Waals surface area contributed by atoms with Gasteiger partial charge in [0.2, 0.25) is 0 Å². The average Bonchev–Trinajstić information content (AvgIpc) is 4.06. The Hall–Kier alpha value is -8.00. The molecule has 10 aromatic carbocycles. The van der Waals surface area contributed by atoms with Crippen LogP contribution in [0, 0.1) is 34.6 Å². The first-order chi connectivity index (χ1) is 36.0. The van der Waals surface area contributed by atoms with Crippen LogP contribution in [0.3, 0.4) is 0 Å². The van der Waals surface area contributed by atoms with Crippen molar-refractivity contribution in [1.29, 1.82) is 0 Å².